The van der Waals surface area contributed by atoms with Gasteiger partial charge in [-0.05, 0) is 36.4 Å². The maximum absolute atomic E-state index is 12.0. The molecule has 9 heteroatoms. The summed E-state index contributed by atoms with van der Waals surface area (Å²) in [6.07, 6.45) is 0. The lowest BCUT2D eigenvalue weighted by molar-refractivity contribution is 0.0967. The first-order chi connectivity index (χ1) is 14.1. The largest absolute Gasteiger partial charge is 0.481 e. The summed E-state index contributed by atoms with van der Waals surface area (Å²) in [5.74, 6) is 0.536. The van der Waals surface area contributed by atoms with E-state index in [0.717, 1.165) is 0 Å². The summed E-state index contributed by atoms with van der Waals surface area (Å²) < 4.78 is 15.7. The molecule has 0 aliphatic carbocycles. The number of benzene rings is 2. The second-order valence-electron chi connectivity index (χ2n) is 5.64. The number of carbonyl (C=O) groups excluding carboxylic acids is 2. The van der Waals surface area contributed by atoms with E-state index >= 15 is 0 Å². The minimum Gasteiger partial charge on any atom is -0.481 e. The molecule has 0 aliphatic heterocycles. The predicted octanol–water partition coefficient (Wildman–Crippen LogP) is 3.25. The number of hydrogen-bond donors (Lipinski definition) is 2. The summed E-state index contributed by atoms with van der Waals surface area (Å²) >= 11 is 0. The number of urea groups is 1. The first-order valence-electron chi connectivity index (χ1n) is 8.50. The van der Waals surface area contributed by atoms with E-state index < -0.39 is 11.9 Å². The average Bonchev–Trinajstić information content (AvgIpc) is 2.75. The molecule has 0 unspecified atom stereocenters. The van der Waals surface area contributed by atoms with Crippen molar-refractivity contribution in [2.45, 2.75) is 0 Å². The summed E-state index contributed by atoms with van der Waals surface area (Å²) in [7, 11) is 2.94. The monoisotopic (exact) mass is 394 g/mol. The Labute approximate surface area is 166 Å². The zero-order valence-corrected chi connectivity index (χ0v) is 15.7. The van der Waals surface area contributed by atoms with Gasteiger partial charge in [-0.25, -0.2) is 4.79 Å². The first-order valence-corrected chi connectivity index (χ1v) is 8.50. The number of rotatable bonds is 6. The molecule has 0 aliphatic rings. The van der Waals surface area contributed by atoms with Crippen LogP contribution in [0.25, 0.3) is 0 Å². The predicted molar refractivity (Wildman–Crippen MR) is 105 cm³/mol. The summed E-state index contributed by atoms with van der Waals surface area (Å²) in [4.78, 5) is 32.1. The van der Waals surface area contributed by atoms with Gasteiger partial charge in [0.25, 0.3) is 5.91 Å². The number of methoxy groups -OCH3 is 2. The summed E-state index contributed by atoms with van der Waals surface area (Å²) in [6, 6.07) is 15.8. The molecule has 3 rings (SSSR count). The molecule has 0 saturated carbocycles. The van der Waals surface area contributed by atoms with Crippen LogP contribution in [0.15, 0.2) is 60.7 Å². The van der Waals surface area contributed by atoms with Crippen molar-refractivity contribution in [3.8, 4) is 23.5 Å². The van der Waals surface area contributed by atoms with Crippen molar-refractivity contribution in [2.75, 3.05) is 19.5 Å². The second-order valence-corrected chi connectivity index (χ2v) is 5.64. The van der Waals surface area contributed by atoms with Gasteiger partial charge in [-0.1, -0.05) is 18.2 Å². The third-order valence-corrected chi connectivity index (χ3v) is 3.66. The topological polar surface area (TPSA) is 112 Å². The van der Waals surface area contributed by atoms with Crippen LogP contribution >= 0.6 is 0 Å². The molecule has 1 heterocycles. The minimum absolute atomic E-state index is 0.0492. The number of carbonyl (C=O) groups is 2. The van der Waals surface area contributed by atoms with Gasteiger partial charge in [0.15, 0.2) is 0 Å². The smallest absolute Gasteiger partial charge is 0.328 e. The molecule has 2 aromatic carbocycles. The number of nitrogens with zero attached hydrogens (tertiary/aromatic N) is 2. The van der Waals surface area contributed by atoms with Gasteiger partial charge in [-0.2, -0.15) is 9.97 Å². The van der Waals surface area contributed by atoms with E-state index in [-0.39, 0.29) is 6.01 Å². The highest BCUT2D eigenvalue weighted by Gasteiger charge is 2.11. The van der Waals surface area contributed by atoms with Crippen LogP contribution in [-0.4, -0.2) is 36.1 Å². The third-order valence-electron chi connectivity index (χ3n) is 3.66. The van der Waals surface area contributed by atoms with Crippen LogP contribution in [0, 0.1) is 0 Å². The molecule has 1 aromatic heterocycles. The molecule has 148 valence electrons. The van der Waals surface area contributed by atoms with Crippen molar-refractivity contribution in [3.05, 3.63) is 66.2 Å². The Morgan fingerprint density at radius 2 is 1.48 bits per heavy atom. The molecular formula is C20H18N4O5. The highest BCUT2D eigenvalue weighted by molar-refractivity contribution is 6.07. The number of imide groups is 1. The number of aromatic nitrogens is 2. The van der Waals surface area contributed by atoms with Crippen LogP contribution in [-0.2, 0) is 0 Å². The Bertz CT molecular complexity index is 971. The van der Waals surface area contributed by atoms with Crippen molar-refractivity contribution < 1.29 is 23.8 Å². The maximum Gasteiger partial charge on any atom is 0.328 e. The first kappa shape index (κ1) is 19.6. The van der Waals surface area contributed by atoms with Crippen LogP contribution in [0.1, 0.15) is 10.4 Å². The summed E-state index contributed by atoms with van der Waals surface area (Å²) in [5, 5.41) is 4.83. The quantitative estimate of drug-likeness (QED) is 0.660. The Kier molecular flexibility index (Phi) is 6.21. The average molecular weight is 394 g/mol. The lowest BCUT2D eigenvalue weighted by Gasteiger charge is -2.09. The Balaban J connectivity index is 1.60. The standard InChI is InChI=1S/C20H18N4O5/c1-27-16-12-17(28-2)23-20(22-16)29-15-10-8-14(9-11-15)21-19(26)24-18(25)13-6-4-3-5-7-13/h3-12H,1-2H3,(H2,21,24,25,26). The van der Waals surface area contributed by atoms with E-state index in [4.69, 9.17) is 14.2 Å². The summed E-state index contributed by atoms with van der Waals surface area (Å²) in [6.45, 7) is 0. The van der Waals surface area contributed by atoms with E-state index in [9.17, 15) is 9.59 Å². The Morgan fingerprint density at radius 3 is 2.07 bits per heavy atom. The molecule has 9 nitrogen and oxygen atoms in total. The molecular weight excluding hydrogens is 376 g/mol. The number of amides is 3. The van der Waals surface area contributed by atoms with E-state index in [1.807, 2.05) is 0 Å². The molecule has 0 saturated heterocycles. The molecule has 0 spiro atoms. The fourth-order valence-corrected chi connectivity index (χ4v) is 2.28. The molecule has 3 amide bonds. The lowest BCUT2D eigenvalue weighted by atomic mass is 10.2. The van der Waals surface area contributed by atoms with Crippen LogP contribution in [0.4, 0.5) is 10.5 Å². The highest BCUT2D eigenvalue weighted by Crippen LogP contribution is 2.24. The second kappa shape index (κ2) is 9.18. The molecule has 0 bridgehead atoms. The molecule has 29 heavy (non-hydrogen) atoms. The third kappa shape index (κ3) is 5.42. The SMILES string of the molecule is COc1cc(OC)nc(Oc2ccc(NC(=O)NC(=O)c3ccccc3)cc2)n1. The van der Waals surface area contributed by atoms with Crippen molar-refractivity contribution in [1.82, 2.24) is 15.3 Å². The van der Waals surface area contributed by atoms with Crippen LogP contribution in [0.2, 0.25) is 0 Å². The molecule has 0 atom stereocenters. The highest BCUT2D eigenvalue weighted by atomic mass is 16.5. The van der Waals surface area contributed by atoms with Gasteiger partial charge in [0.1, 0.15) is 5.75 Å². The van der Waals surface area contributed by atoms with Gasteiger partial charge in [0.2, 0.25) is 11.8 Å². The van der Waals surface area contributed by atoms with Crippen LogP contribution in [0.3, 0.4) is 0 Å². The van der Waals surface area contributed by atoms with Gasteiger partial charge in [-0.3, -0.25) is 10.1 Å². The van der Waals surface area contributed by atoms with Crippen molar-refractivity contribution in [3.63, 3.8) is 0 Å². The van der Waals surface area contributed by atoms with Crippen molar-refractivity contribution >= 4 is 17.6 Å². The van der Waals surface area contributed by atoms with Crippen molar-refractivity contribution in [1.29, 1.82) is 0 Å². The number of nitrogens with one attached hydrogen (secondary N) is 2. The van der Waals surface area contributed by atoms with E-state index in [2.05, 4.69) is 20.6 Å². The van der Waals surface area contributed by atoms with Crippen molar-refractivity contribution in [2.24, 2.45) is 0 Å². The lowest BCUT2D eigenvalue weighted by Crippen LogP contribution is -2.34. The molecule has 3 aromatic rings. The Morgan fingerprint density at radius 1 is 0.862 bits per heavy atom. The molecule has 0 radical (unpaired) electrons. The minimum atomic E-state index is -0.645. The van der Waals surface area contributed by atoms with E-state index in [1.165, 1.54) is 20.3 Å². The van der Waals surface area contributed by atoms with Gasteiger partial charge < -0.3 is 19.5 Å². The maximum atomic E-state index is 12.0. The van der Waals surface area contributed by atoms with Crippen LogP contribution < -0.4 is 24.8 Å². The fraction of sp³-hybridized carbons (Fsp3) is 0.100. The van der Waals surface area contributed by atoms with E-state index in [1.54, 1.807) is 54.6 Å². The molecule has 0 fully saturated rings. The zero-order chi connectivity index (χ0) is 20.6. The van der Waals surface area contributed by atoms with E-state index in [0.29, 0.717) is 28.8 Å². The molecule has 2 N–H and O–H groups in total. The normalized spacial score (nSPS) is 10.0. The zero-order valence-electron chi connectivity index (χ0n) is 15.7. The fourth-order valence-electron chi connectivity index (χ4n) is 2.28. The van der Waals surface area contributed by atoms with Crippen LogP contribution in [0.5, 0.6) is 23.5 Å². The van der Waals surface area contributed by atoms with Gasteiger partial charge >= 0.3 is 12.0 Å². The van der Waals surface area contributed by atoms with Gasteiger partial charge in [-0.15, -0.1) is 0 Å². The van der Waals surface area contributed by atoms with Gasteiger partial charge in [0.05, 0.1) is 20.3 Å². The van der Waals surface area contributed by atoms with Gasteiger partial charge in [0, 0.05) is 11.3 Å². The summed E-state index contributed by atoms with van der Waals surface area (Å²) in [5.41, 5.74) is 0.861. The number of anilines is 1. The number of ether oxygens (including phenoxy) is 3. The Hall–Kier alpha value is -4.14. The number of hydrogen-bond acceptors (Lipinski definition) is 7.